The lowest BCUT2D eigenvalue weighted by Crippen LogP contribution is -2.05. The second kappa shape index (κ2) is 4.82. The van der Waals surface area contributed by atoms with Crippen LogP contribution in [0.4, 0.5) is 8.78 Å². The maximum Gasteiger partial charge on any atom is 0.167 e. The fraction of sp³-hybridized carbons (Fsp3) is 0.0769. The average Bonchev–Trinajstić information content (AvgIpc) is 2.35. The number of hydrogen-bond donors (Lipinski definition) is 0. The summed E-state index contributed by atoms with van der Waals surface area (Å²) in [5, 5.41) is 0. The van der Waals surface area contributed by atoms with Crippen LogP contribution in [-0.4, -0.2) is 10.8 Å². The maximum absolute atomic E-state index is 13.3. The Labute approximate surface area is 96.9 Å². The zero-order valence-electron chi connectivity index (χ0n) is 8.86. The van der Waals surface area contributed by atoms with Gasteiger partial charge in [-0.2, -0.15) is 0 Å². The van der Waals surface area contributed by atoms with Crippen LogP contribution in [0.2, 0.25) is 0 Å². The van der Waals surface area contributed by atoms with Crippen LogP contribution in [0, 0.1) is 11.6 Å². The topological polar surface area (TPSA) is 30.0 Å². The van der Waals surface area contributed by atoms with E-state index >= 15 is 0 Å². The molecule has 4 heteroatoms. The van der Waals surface area contributed by atoms with Crippen molar-refractivity contribution in [1.29, 1.82) is 0 Å². The van der Waals surface area contributed by atoms with Crippen LogP contribution in [0.5, 0.6) is 0 Å². The Balaban J connectivity index is 2.22. The number of pyridine rings is 1. The van der Waals surface area contributed by atoms with Gasteiger partial charge in [-0.05, 0) is 35.9 Å². The van der Waals surface area contributed by atoms with Gasteiger partial charge in [0.1, 0.15) is 11.6 Å². The van der Waals surface area contributed by atoms with E-state index in [2.05, 4.69) is 4.98 Å². The lowest BCUT2D eigenvalue weighted by Gasteiger charge is -2.03. The van der Waals surface area contributed by atoms with Gasteiger partial charge >= 0.3 is 0 Å². The fourth-order valence-corrected chi connectivity index (χ4v) is 1.49. The van der Waals surface area contributed by atoms with Crippen molar-refractivity contribution < 1.29 is 13.6 Å². The summed E-state index contributed by atoms with van der Waals surface area (Å²) in [6, 6.07) is 6.16. The first-order valence-electron chi connectivity index (χ1n) is 5.04. The van der Waals surface area contributed by atoms with Crippen LogP contribution < -0.4 is 0 Å². The monoisotopic (exact) mass is 233 g/mol. The van der Waals surface area contributed by atoms with Crippen LogP contribution in [0.15, 0.2) is 42.7 Å². The molecular formula is C13H9F2NO. The summed E-state index contributed by atoms with van der Waals surface area (Å²) in [5.74, 6) is -1.39. The van der Waals surface area contributed by atoms with Crippen LogP contribution >= 0.6 is 0 Å². The molecule has 0 saturated carbocycles. The third kappa shape index (κ3) is 2.72. The highest BCUT2D eigenvalue weighted by Gasteiger charge is 2.11. The van der Waals surface area contributed by atoms with Crippen LogP contribution in [0.3, 0.4) is 0 Å². The molecule has 2 nitrogen and oxygen atoms in total. The van der Waals surface area contributed by atoms with E-state index in [0.717, 1.165) is 18.2 Å². The largest absolute Gasteiger partial charge is 0.294 e. The molecule has 1 aromatic heterocycles. The summed E-state index contributed by atoms with van der Waals surface area (Å²) in [6.07, 6.45) is 2.80. The summed E-state index contributed by atoms with van der Waals surface area (Å²) in [6.45, 7) is 0. The van der Waals surface area contributed by atoms with Gasteiger partial charge in [0.25, 0.3) is 0 Å². The Morgan fingerprint density at radius 3 is 2.53 bits per heavy atom. The molecule has 86 valence electrons. The van der Waals surface area contributed by atoms with Gasteiger partial charge in [-0.1, -0.05) is 0 Å². The van der Waals surface area contributed by atoms with Crippen LogP contribution in [0.25, 0.3) is 0 Å². The zero-order chi connectivity index (χ0) is 12.3. The molecule has 0 atom stereocenters. The number of carbonyl (C=O) groups excluding carboxylic acids is 1. The van der Waals surface area contributed by atoms with Crippen molar-refractivity contribution >= 4 is 5.78 Å². The molecule has 17 heavy (non-hydrogen) atoms. The number of benzene rings is 1. The van der Waals surface area contributed by atoms with E-state index in [1.807, 2.05) is 0 Å². The second-order valence-corrected chi connectivity index (χ2v) is 3.57. The van der Waals surface area contributed by atoms with Crippen molar-refractivity contribution in [3.63, 3.8) is 0 Å². The zero-order valence-corrected chi connectivity index (χ0v) is 8.86. The molecule has 0 saturated heterocycles. The number of Topliss-reactive ketones (excluding diaryl/α,β-unsaturated/α-hetero) is 1. The van der Waals surface area contributed by atoms with Crippen LogP contribution in [-0.2, 0) is 6.42 Å². The summed E-state index contributed by atoms with van der Waals surface area (Å²) >= 11 is 0. The predicted octanol–water partition coefficient (Wildman–Crippen LogP) is 2.79. The first-order chi connectivity index (χ1) is 8.16. The highest BCUT2D eigenvalue weighted by Crippen LogP contribution is 2.12. The van der Waals surface area contributed by atoms with Crippen molar-refractivity contribution in [2.24, 2.45) is 0 Å². The molecule has 0 amide bonds. The molecule has 2 aromatic rings. The third-order valence-corrected chi connectivity index (χ3v) is 2.36. The maximum atomic E-state index is 13.3. The molecule has 1 heterocycles. The lowest BCUT2D eigenvalue weighted by molar-refractivity contribution is 0.0991. The van der Waals surface area contributed by atoms with Gasteiger partial charge in [0, 0.05) is 24.4 Å². The van der Waals surface area contributed by atoms with E-state index in [-0.39, 0.29) is 17.8 Å². The van der Waals surface area contributed by atoms with Gasteiger partial charge in [0.15, 0.2) is 5.78 Å². The van der Waals surface area contributed by atoms with Gasteiger partial charge in [0.05, 0.1) is 0 Å². The fourth-order valence-electron chi connectivity index (χ4n) is 1.49. The second-order valence-electron chi connectivity index (χ2n) is 3.57. The van der Waals surface area contributed by atoms with E-state index in [9.17, 15) is 13.6 Å². The minimum atomic E-state index is -0.575. The van der Waals surface area contributed by atoms with Crippen molar-refractivity contribution in [3.05, 3.63) is 65.5 Å². The first-order valence-corrected chi connectivity index (χ1v) is 5.04. The Morgan fingerprint density at radius 1 is 1.12 bits per heavy atom. The number of carbonyl (C=O) groups is 1. The van der Waals surface area contributed by atoms with E-state index in [4.69, 9.17) is 0 Å². The van der Waals surface area contributed by atoms with E-state index in [1.165, 1.54) is 12.4 Å². The predicted molar refractivity (Wildman–Crippen MR) is 58.6 cm³/mol. The minimum absolute atomic E-state index is 0.0619. The van der Waals surface area contributed by atoms with Crippen molar-refractivity contribution in [3.8, 4) is 0 Å². The van der Waals surface area contributed by atoms with E-state index < -0.39 is 11.6 Å². The average molecular weight is 233 g/mol. The minimum Gasteiger partial charge on any atom is -0.294 e. The molecule has 0 fully saturated rings. The molecule has 1 aromatic carbocycles. The van der Waals surface area contributed by atoms with E-state index in [0.29, 0.717) is 5.56 Å². The molecule has 0 bridgehead atoms. The molecular weight excluding hydrogens is 224 g/mol. The normalized spacial score (nSPS) is 10.2. The molecule has 0 N–H and O–H groups in total. The Morgan fingerprint density at radius 2 is 1.82 bits per heavy atom. The van der Waals surface area contributed by atoms with Gasteiger partial charge in [-0.25, -0.2) is 8.78 Å². The van der Waals surface area contributed by atoms with Crippen LogP contribution in [0.1, 0.15) is 15.9 Å². The Hall–Kier alpha value is -2.10. The number of nitrogens with zero attached hydrogens (tertiary/aromatic N) is 1. The Bertz CT molecular complexity index is 540. The quantitative estimate of drug-likeness (QED) is 0.763. The molecule has 0 aliphatic heterocycles. The molecule has 0 spiro atoms. The molecule has 0 radical (unpaired) electrons. The molecule has 0 aliphatic rings. The summed E-state index contributed by atoms with van der Waals surface area (Å²) in [4.78, 5) is 15.5. The number of hydrogen-bond acceptors (Lipinski definition) is 2. The van der Waals surface area contributed by atoms with Gasteiger partial charge in [-0.3, -0.25) is 9.78 Å². The van der Waals surface area contributed by atoms with Crippen molar-refractivity contribution in [1.82, 2.24) is 4.98 Å². The summed E-state index contributed by atoms with van der Waals surface area (Å²) < 4.78 is 26.2. The van der Waals surface area contributed by atoms with Crippen molar-refractivity contribution in [2.45, 2.75) is 6.42 Å². The SMILES string of the molecule is O=C(Cc1cc(F)ccc1F)c1ccncc1. The van der Waals surface area contributed by atoms with Gasteiger partial charge in [-0.15, -0.1) is 0 Å². The molecule has 2 rings (SSSR count). The van der Waals surface area contributed by atoms with E-state index in [1.54, 1.807) is 12.1 Å². The summed E-state index contributed by atoms with van der Waals surface area (Å²) in [7, 11) is 0. The number of rotatable bonds is 3. The Kier molecular flexibility index (Phi) is 3.23. The van der Waals surface area contributed by atoms with Gasteiger partial charge in [0.2, 0.25) is 0 Å². The highest BCUT2D eigenvalue weighted by atomic mass is 19.1. The number of ketones is 1. The smallest absolute Gasteiger partial charge is 0.167 e. The number of aromatic nitrogens is 1. The van der Waals surface area contributed by atoms with Crippen molar-refractivity contribution in [2.75, 3.05) is 0 Å². The first kappa shape index (κ1) is 11.4. The standard InChI is InChI=1S/C13H9F2NO/c14-11-1-2-12(15)10(7-11)8-13(17)9-3-5-16-6-4-9/h1-7H,8H2. The number of halogens is 2. The summed E-state index contributed by atoms with van der Waals surface area (Å²) in [5.41, 5.74) is 0.496. The molecule has 0 aliphatic carbocycles. The third-order valence-electron chi connectivity index (χ3n) is 2.36. The molecule has 0 unspecified atom stereocenters. The lowest BCUT2D eigenvalue weighted by atomic mass is 10.0. The van der Waals surface area contributed by atoms with Gasteiger partial charge < -0.3 is 0 Å². The highest BCUT2D eigenvalue weighted by molar-refractivity contribution is 5.97.